The van der Waals surface area contributed by atoms with Crippen LogP contribution in [-0.4, -0.2) is 41.9 Å². The van der Waals surface area contributed by atoms with Gasteiger partial charge in [0, 0.05) is 12.6 Å². The first-order chi connectivity index (χ1) is 6.65. The zero-order valence-electron chi connectivity index (χ0n) is 8.90. The fourth-order valence-electron chi connectivity index (χ4n) is 1.29. The Labute approximate surface area is 84.8 Å². The van der Waals surface area contributed by atoms with Crippen molar-refractivity contribution in [1.82, 2.24) is 4.90 Å². The third-order valence-corrected chi connectivity index (χ3v) is 2.33. The number of aliphatic hydroxyl groups is 1. The summed E-state index contributed by atoms with van der Waals surface area (Å²) in [6, 6.07) is 0.168. The van der Waals surface area contributed by atoms with Crippen LogP contribution in [0.25, 0.3) is 0 Å². The number of nitrogens with zero attached hydrogens (tertiary/aromatic N) is 1. The van der Waals surface area contributed by atoms with Crippen LogP contribution in [-0.2, 0) is 4.74 Å². The van der Waals surface area contributed by atoms with Gasteiger partial charge in [0.15, 0.2) is 0 Å². The Bertz CT molecular complexity index is 190. The van der Waals surface area contributed by atoms with Gasteiger partial charge in [-0.05, 0) is 32.6 Å². The molecule has 0 aromatic carbocycles. The van der Waals surface area contributed by atoms with Crippen molar-refractivity contribution in [3.8, 4) is 0 Å². The largest absolute Gasteiger partial charge is 0.447 e. The number of aliphatic hydroxyl groups excluding tert-OH is 1. The Balaban J connectivity index is 2.35. The van der Waals surface area contributed by atoms with Gasteiger partial charge in [0.05, 0.1) is 6.61 Å². The van der Waals surface area contributed by atoms with E-state index in [0.717, 1.165) is 6.54 Å². The average molecular weight is 201 g/mol. The van der Waals surface area contributed by atoms with Gasteiger partial charge in [0.1, 0.15) is 6.61 Å². The van der Waals surface area contributed by atoms with Crippen LogP contribution < -0.4 is 0 Å². The van der Waals surface area contributed by atoms with Gasteiger partial charge >= 0.3 is 6.09 Å². The zero-order valence-corrected chi connectivity index (χ0v) is 8.90. The van der Waals surface area contributed by atoms with Crippen molar-refractivity contribution in [2.75, 3.05) is 19.8 Å². The van der Waals surface area contributed by atoms with Gasteiger partial charge in [-0.3, -0.25) is 0 Å². The van der Waals surface area contributed by atoms with E-state index in [1.807, 2.05) is 13.8 Å². The topological polar surface area (TPSA) is 49.8 Å². The summed E-state index contributed by atoms with van der Waals surface area (Å²) in [4.78, 5) is 13.2. The Morgan fingerprint density at radius 2 is 2.21 bits per heavy atom. The van der Waals surface area contributed by atoms with Crippen molar-refractivity contribution < 1.29 is 14.6 Å². The first kappa shape index (κ1) is 11.3. The summed E-state index contributed by atoms with van der Waals surface area (Å²) in [7, 11) is 0. The zero-order chi connectivity index (χ0) is 10.6. The van der Waals surface area contributed by atoms with Crippen LogP contribution >= 0.6 is 0 Å². The summed E-state index contributed by atoms with van der Waals surface area (Å²) in [6.45, 7) is 4.72. The molecule has 1 fully saturated rings. The third-order valence-electron chi connectivity index (χ3n) is 2.33. The number of hydrogen-bond donors (Lipinski definition) is 1. The molecule has 4 heteroatoms. The molecule has 1 amide bonds. The van der Waals surface area contributed by atoms with Crippen molar-refractivity contribution in [3.63, 3.8) is 0 Å². The third kappa shape index (κ3) is 3.54. The van der Waals surface area contributed by atoms with E-state index in [0.29, 0.717) is 5.92 Å². The standard InChI is InChI=1S/C10H19NO3/c1-8(2)11(7-9-3-4-9)10(13)14-6-5-12/h8-9,12H,3-7H2,1-2H3. The molecule has 0 aromatic heterocycles. The molecule has 0 unspecified atom stereocenters. The van der Waals surface area contributed by atoms with E-state index >= 15 is 0 Å². The quantitative estimate of drug-likeness (QED) is 0.728. The van der Waals surface area contributed by atoms with Gasteiger partial charge in [-0.15, -0.1) is 0 Å². The van der Waals surface area contributed by atoms with Gasteiger partial charge in [-0.2, -0.15) is 0 Å². The van der Waals surface area contributed by atoms with Crippen LogP contribution in [0, 0.1) is 5.92 Å². The lowest BCUT2D eigenvalue weighted by Crippen LogP contribution is -2.39. The predicted octanol–water partition coefficient (Wildman–Crippen LogP) is 1.24. The van der Waals surface area contributed by atoms with Crippen molar-refractivity contribution in [3.05, 3.63) is 0 Å². The average Bonchev–Trinajstić information content (AvgIpc) is 2.93. The minimum Gasteiger partial charge on any atom is -0.447 e. The summed E-state index contributed by atoms with van der Waals surface area (Å²) in [5.41, 5.74) is 0. The highest BCUT2D eigenvalue weighted by atomic mass is 16.6. The molecule has 4 nitrogen and oxygen atoms in total. The second kappa shape index (κ2) is 5.20. The second-order valence-electron chi connectivity index (χ2n) is 4.03. The minimum atomic E-state index is -0.305. The fourth-order valence-corrected chi connectivity index (χ4v) is 1.29. The second-order valence-corrected chi connectivity index (χ2v) is 4.03. The summed E-state index contributed by atoms with van der Waals surface area (Å²) >= 11 is 0. The highest BCUT2D eigenvalue weighted by molar-refractivity contribution is 5.68. The monoisotopic (exact) mass is 201 g/mol. The maximum atomic E-state index is 11.5. The van der Waals surface area contributed by atoms with Crippen LogP contribution in [0.3, 0.4) is 0 Å². The van der Waals surface area contributed by atoms with E-state index in [1.165, 1.54) is 12.8 Å². The predicted molar refractivity (Wildman–Crippen MR) is 53.0 cm³/mol. The van der Waals surface area contributed by atoms with Gasteiger partial charge in [0.25, 0.3) is 0 Å². The van der Waals surface area contributed by atoms with Crippen LogP contribution in [0.4, 0.5) is 4.79 Å². The van der Waals surface area contributed by atoms with Crippen LogP contribution in [0.1, 0.15) is 26.7 Å². The van der Waals surface area contributed by atoms with E-state index < -0.39 is 0 Å². The van der Waals surface area contributed by atoms with Crippen molar-refractivity contribution in [1.29, 1.82) is 0 Å². The summed E-state index contributed by atoms with van der Waals surface area (Å²) in [5.74, 6) is 0.666. The highest BCUT2D eigenvalue weighted by Crippen LogP contribution is 2.30. The normalized spacial score (nSPS) is 15.7. The molecule has 0 atom stereocenters. The number of ether oxygens (including phenoxy) is 1. The Kier molecular flexibility index (Phi) is 4.20. The molecular weight excluding hydrogens is 182 g/mol. The summed E-state index contributed by atoms with van der Waals surface area (Å²) < 4.78 is 4.88. The van der Waals surface area contributed by atoms with Crippen molar-refractivity contribution in [2.45, 2.75) is 32.7 Å². The van der Waals surface area contributed by atoms with E-state index in [-0.39, 0.29) is 25.3 Å². The molecule has 0 saturated heterocycles. The van der Waals surface area contributed by atoms with Crippen molar-refractivity contribution >= 4 is 6.09 Å². The lowest BCUT2D eigenvalue weighted by molar-refractivity contribution is 0.0740. The molecular formula is C10H19NO3. The number of rotatable bonds is 5. The number of carbonyl (C=O) groups excluding carboxylic acids is 1. The maximum Gasteiger partial charge on any atom is 0.410 e. The van der Waals surface area contributed by atoms with E-state index in [9.17, 15) is 4.79 Å². The molecule has 82 valence electrons. The molecule has 1 saturated carbocycles. The van der Waals surface area contributed by atoms with E-state index in [1.54, 1.807) is 4.90 Å². The van der Waals surface area contributed by atoms with Crippen LogP contribution in [0.15, 0.2) is 0 Å². The van der Waals surface area contributed by atoms with Gasteiger partial charge in [0.2, 0.25) is 0 Å². The Hall–Kier alpha value is -0.770. The molecule has 1 aliphatic carbocycles. The van der Waals surface area contributed by atoms with Crippen LogP contribution in [0.5, 0.6) is 0 Å². The first-order valence-corrected chi connectivity index (χ1v) is 5.19. The van der Waals surface area contributed by atoms with E-state index in [2.05, 4.69) is 0 Å². The maximum absolute atomic E-state index is 11.5. The molecule has 1 N–H and O–H groups in total. The van der Waals surface area contributed by atoms with Gasteiger partial charge in [-0.1, -0.05) is 0 Å². The molecule has 0 spiro atoms. The Morgan fingerprint density at radius 3 is 2.64 bits per heavy atom. The first-order valence-electron chi connectivity index (χ1n) is 5.19. The number of carbonyl (C=O) groups is 1. The molecule has 14 heavy (non-hydrogen) atoms. The van der Waals surface area contributed by atoms with Gasteiger partial charge in [-0.25, -0.2) is 4.79 Å². The number of hydrogen-bond acceptors (Lipinski definition) is 3. The fraction of sp³-hybridized carbons (Fsp3) is 0.900. The molecule has 0 radical (unpaired) electrons. The lowest BCUT2D eigenvalue weighted by atomic mass is 10.3. The molecule has 1 rings (SSSR count). The molecule has 0 aliphatic heterocycles. The lowest BCUT2D eigenvalue weighted by Gasteiger charge is -2.25. The smallest absolute Gasteiger partial charge is 0.410 e. The summed E-state index contributed by atoms with van der Waals surface area (Å²) in [6.07, 6.45) is 2.13. The molecule has 0 aromatic rings. The van der Waals surface area contributed by atoms with Crippen LogP contribution in [0.2, 0.25) is 0 Å². The van der Waals surface area contributed by atoms with Gasteiger partial charge < -0.3 is 14.7 Å². The number of amides is 1. The molecule has 0 bridgehead atoms. The summed E-state index contributed by atoms with van der Waals surface area (Å²) in [5, 5.41) is 8.53. The minimum absolute atomic E-state index is 0.0900. The SMILES string of the molecule is CC(C)N(CC1CC1)C(=O)OCCO. The van der Waals surface area contributed by atoms with E-state index in [4.69, 9.17) is 9.84 Å². The Morgan fingerprint density at radius 1 is 1.57 bits per heavy atom. The van der Waals surface area contributed by atoms with Crippen molar-refractivity contribution in [2.24, 2.45) is 5.92 Å². The molecule has 1 aliphatic rings. The molecule has 0 heterocycles. The highest BCUT2D eigenvalue weighted by Gasteiger charge is 2.28.